The van der Waals surface area contributed by atoms with E-state index in [2.05, 4.69) is 19.6 Å². The summed E-state index contributed by atoms with van der Waals surface area (Å²) in [5, 5.41) is 17.3. The average Bonchev–Trinajstić information content (AvgIpc) is 3.69. The molecular formula is C37H49FN6O7Si. The van der Waals surface area contributed by atoms with Gasteiger partial charge in [-0.3, -0.25) is 14.5 Å². The van der Waals surface area contributed by atoms with Crippen molar-refractivity contribution < 1.29 is 38.1 Å². The van der Waals surface area contributed by atoms with Crippen LogP contribution in [-0.4, -0.2) is 95.0 Å². The molecule has 6 rings (SSSR count). The molecule has 2 aliphatic heterocycles. The van der Waals surface area contributed by atoms with Gasteiger partial charge in [-0.05, 0) is 72.7 Å². The normalized spacial score (nSPS) is 17.7. The van der Waals surface area contributed by atoms with E-state index in [1.54, 1.807) is 6.07 Å². The molecule has 1 fully saturated rings. The first kappa shape index (κ1) is 37.4. The van der Waals surface area contributed by atoms with Gasteiger partial charge >= 0.3 is 6.09 Å². The second kappa shape index (κ2) is 15.3. The number of hydrogen-bond donors (Lipinski definition) is 1. The molecule has 2 amide bonds. The highest BCUT2D eigenvalue weighted by atomic mass is 28.3. The highest BCUT2D eigenvalue weighted by Crippen LogP contribution is 2.39. The summed E-state index contributed by atoms with van der Waals surface area (Å²) in [6, 6.07) is 9.14. The van der Waals surface area contributed by atoms with E-state index in [4.69, 9.17) is 29.1 Å². The van der Waals surface area contributed by atoms with E-state index in [9.17, 15) is 14.7 Å². The Morgan fingerprint density at radius 2 is 1.94 bits per heavy atom. The SMILES string of the molecule is CCc1cc(OC)c(F)cc1-c1ccc2c(-c3nc4c(n3COCC[Si](C)(C)C)CN(C(=O)O)C(C(=O)N(C)OC)C4)nn(C3CCCCO3)c2c1. The monoisotopic (exact) mass is 736 g/mol. The highest BCUT2D eigenvalue weighted by molar-refractivity contribution is 6.76. The molecular weight excluding hydrogens is 688 g/mol. The lowest BCUT2D eigenvalue weighted by Gasteiger charge is -2.34. The minimum Gasteiger partial charge on any atom is -0.494 e. The molecule has 52 heavy (non-hydrogen) atoms. The molecule has 2 atom stereocenters. The number of carbonyl (C=O) groups is 2. The van der Waals surface area contributed by atoms with E-state index in [-0.39, 0.29) is 31.7 Å². The number of benzene rings is 2. The fraction of sp³-hybridized carbons (Fsp3) is 0.514. The van der Waals surface area contributed by atoms with Gasteiger partial charge in [0.25, 0.3) is 5.91 Å². The number of rotatable bonds is 12. The summed E-state index contributed by atoms with van der Waals surface area (Å²) in [7, 11) is 2.88. The lowest BCUT2D eigenvalue weighted by molar-refractivity contribution is -0.174. The number of carboxylic acid groups (broad SMARTS) is 1. The van der Waals surface area contributed by atoms with E-state index in [0.717, 1.165) is 62.9 Å². The number of fused-ring (bicyclic) bond motifs is 2. The van der Waals surface area contributed by atoms with Crippen LogP contribution in [0, 0.1) is 5.82 Å². The number of methoxy groups -OCH3 is 1. The number of imidazole rings is 1. The molecule has 0 saturated carbocycles. The van der Waals surface area contributed by atoms with Gasteiger partial charge in [-0.2, -0.15) is 5.10 Å². The first-order chi connectivity index (χ1) is 24.8. The Labute approximate surface area is 304 Å². The zero-order valence-electron chi connectivity index (χ0n) is 31.1. The first-order valence-electron chi connectivity index (χ1n) is 17.8. The minimum absolute atomic E-state index is 0.0560. The van der Waals surface area contributed by atoms with Crippen LogP contribution < -0.4 is 4.74 Å². The standard InChI is InChI=1S/C37H49FN6O7Si/c1-8-23-18-32(48-3)27(38)19-26(23)24-12-13-25-29(17-24)44(33-11-9-10-14-51-33)40-34(25)35-39-28-20-30(36(45)41(2)49-4)42(37(46)47)21-31(28)43(35)22-50-15-16-52(5,6)7/h12-13,17-19,30,33H,8-11,14-16,20-22H2,1-7H3,(H,46,47). The van der Waals surface area contributed by atoms with Gasteiger partial charge in [0.05, 0.1) is 37.7 Å². The van der Waals surface area contributed by atoms with Gasteiger partial charge in [0.15, 0.2) is 23.6 Å². The van der Waals surface area contributed by atoms with Gasteiger partial charge in [-0.1, -0.05) is 32.6 Å². The summed E-state index contributed by atoms with van der Waals surface area (Å²) in [4.78, 5) is 37.2. The van der Waals surface area contributed by atoms with Crippen molar-refractivity contribution >= 4 is 31.0 Å². The van der Waals surface area contributed by atoms with Crippen molar-refractivity contribution in [2.75, 3.05) is 34.5 Å². The van der Waals surface area contributed by atoms with E-state index in [1.807, 2.05) is 34.4 Å². The number of hydroxylamine groups is 2. The molecule has 15 heteroatoms. The van der Waals surface area contributed by atoms with E-state index < -0.39 is 31.9 Å². The fourth-order valence-electron chi connectivity index (χ4n) is 6.94. The molecule has 4 heterocycles. The Balaban J connectivity index is 1.51. The van der Waals surface area contributed by atoms with Crippen LogP contribution in [0.4, 0.5) is 9.18 Å². The zero-order valence-corrected chi connectivity index (χ0v) is 32.1. The summed E-state index contributed by atoms with van der Waals surface area (Å²) < 4.78 is 36.6. The van der Waals surface area contributed by atoms with Crippen molar-refractivity contribution in [3.8, 4) is 28.4 Å². The number of hydrogen-bond acceptors (Lipinski definition) is 8. The maximum Gasteiger partial charge on any atom is 0.408 e. The highest BCUT2D eigenvalue weighted by Gasteiger charge is 2.40. The van der Waals surface area contributed by atoms with Crippen molar-refractivity contribution in [3.05, 3.63) is 53.1 Å². The number of nitrogens with zero attached hydrogens (tertiary/aromatic N) is 6. The molecule has 1 saturated heterocycles. The molecule has 0 bridgehead atoms. The van der Waals surface area contributed by atoms with Gasteiger partial charge in [0, 0.05) is 40.1 Å². The quantitative estimate of drug-likeness (QED) is 0.0957. The molecule has 13 nitrogen and oxygen atoms in total. The Hall–Kier alpha value is -4.31. The van der Waals surface area contributed by atoms with Gasteiger partial charge in [-0.15, -0.1) is 0 Å². The van der Waals surface area contributed by atoms with Crippen LogP contribution >= 0.6 is 0 Å². The van der Waals surface area contributed by atoms with Gasteiger partial charge in [0.1, 0.15) is 18.5 Å². The third kappa shape index (κ3) is 7.45. The Kier molecular flexibility index (Phi) is 11.1. The van der Waals surface area contributed by atoms with E-state index in [1.165, 1.54) is 27.3 Å². The van der Waals surface area contributed by atoms with E-state index >= 15 is 4.39 Å². The lowest BCUT2D eigenvalue weighted by atomic mass is 9.96. The Morgan fingerprint density at radius 1 is 1.15 bits per heavy atom. The van der Waals surface area contributed by atoms with Crippen LogP contribution in [0.3, 0.4) is 0 Å². The lowest BCUT2D eigenvalue weighted by Crippen LogP contribution is -2.52. The Morgan fingerprint density at radius 3 is 2.60 bits per heavy atom. The molecule has 2 aliphatic rings. The summed E-state index contributed by atoms with van der Waals surface area (Å²) in [5.41, 5.74) is 5.15. The number of likely N-dealkylation sites (N-methyl/N-ethyl adjacent to an activating group) is 1. The topological polar surface area (TPSA) is 133 Å². The van der Waals surface area contributed by atoms with Crippen molar-refractivity contribution in [1.82, 2.24) is 29.3 Å². The molecule has 2 aromatic carbocycles. The number of amides is 2. The maximum atomic E-state index is 15.1. The molecule has 0 spiro atoms. The summed E-state index contributed by atoms with van der Waals surface area (Å²) in [6.07, 6.45) is 1.91. The smallest absolute Gasteiger partial charge is 0.408 e. The van der Waals surface area contributed by atoms with Gasteiger partial charge < -0.3 is 23.9 Å². The largest absolute Gasteiger partial charge is 0.494 e. The molecule has 0 aliphatic carbocycles. The summed E-state index contributed by atoms with van der Waals surface area (Å²) in [6.45, 7) is 10.1. The number of carbonyl (C=O) groups excluding carboxylic acids is 1. The van der Waals surface area contributed by atoms with Crippen LogP contribution in [-0.2, 0) is 45.2 Å². The first-order valence-corrected chi connectivity index (χ1v) is 21.5. The van der Waals surface area contributed by atoms with Gasteiger partial charge in [0.2, 0.25) is 0 Å². The maximum absolute atomic E-state index is 15.1. The van der Waals surface area contributed by atoms with Crippen molar-refractivity contribution in [2.45, 2.75) is 90.3 Å². The van der Waals surface area contributed by atoms with Crippen molar-refractivity contribution in [3.63, 3.8) is 0 Å². The summed E-state index contributed by atoms with van der Waals surface area (Å²) >= 11 is 0. The molecule has 4 aromatic rings. The number of ether oxygens (including phenoxy) is 3. The number of aryl methyl sites for hydroxylation is 1. The number of halogens is 1. The predicted octanol–water partition coefficient (Wildman–Crippen LogP) is 6.71. The third-order valence-corrected chi connectivity index (χ3v) is 11.7. The summed E-state index contributed by atoms with van der Waals surface area (Å²) in [5.74, 6) is -0.221. The van der Waals surface area contributed by atoms with Crippen LogP contribution in [0.2, 0.25) is 25.7 Å². The second-order valence-corrected chi connectivity index (χ2v) is 20.2. The van der Waals surface area contributed by atoms with Crippen LogP contribution in [0.1, 0.15) is 49.4 Å². The zero-order chi connectivity index (χ0) is 37.3. The molecule has 0 radical (unpaired) electrons. The molecule has 2 aromatic heterocycles. The van der Waals surface area contributed by atoms with Crippen molar-refractivity contribution in [2.24, 2.45) is 0 Å². The second-order valence-electron chi connectivity index (χ2n) is 14.6. The fourth-order valence-corrected chi connectivity index (χ4v) is 7.69. The van der Waals surface area contributed by atoms with Crippen molar-refractivity contribution in [1.29, 1.82) is 0 Å². The van der Waals surface area contributed by atoms with E-state index in [0.29, 0.717) is 42.5 Å². The predicted molar refractivity (Wildman–Crippen MR) is 196 cm³/mol. The number of aromatic nitrogens is 4. The molecule has 1 N–H and O–H groups in total. The van der Waals surface area contributed by atoms with Gasteiger partial charge in [-0.25, -0.2) is 23.9 Å². The van der Waals surface area contributed by atoms with Crippen LogP contribution in [0.15, 0.2) is 30.3 Å². The molecule has 2 unspecified atom stereocenters. The van der Waals surface area contributed by atoms with Crippen LogP contribution in [0.5, 0.6) is 5.75 Å². The average molecular weight is 737 g/mol. The van der Waals surface area contributed by atoms with Crippen LogP contribution in [0.25, 0.3) is 33.5 Å². The minimum atomic E-state index is -1.40. The Bertz CT molecular complexity index is 1950. The third-order valence-electron chi connectivity index (χ3n) is 9.99. The molecule has 280 valence electrons.